The second kappa shape index (κ2) is 6.49. The molecule has 1 saturated heterocycles. The SMILES string of the molecule is OC(CNc1ccnc2ccsc12)CN1CCOCC1. The molecule has 2 aromatic heterocycles. The molecule has 1 fully saturated rings. The van der Waals surface area contributed by atoms with Crippen molar-refractivity contribution in [1.29, 1.82) is 0 Å². The minimum atomic E-state index is -0.378. The summed E-state index contributed by atoms with van der Waals surface area (Å²) in [7, 11) is 0. The number of hydrogen-bond donors (Lipinski definition) is 2. The predicted molar refractivity (Wildman–Crippen MR) is 81.4 cm³/mol. The molecule has 2 N–H and O–H groups in total. The van der Waals surface area contributed by atoms with E-state index in [1.807, 2.05) is 17.5 Å². The highest BCUT2D eigenvalue weighted by Crippen LogP contribution is 2.26. The van der Waals surface area contributed by atoms with Gasteiger partial charge in [-0.15, -0.1) is 11.3 Å². The van der Waals surface area contributed by atoms with Crippen LogP contribution in [0.15, 0.2) is 23.7 Å². The highest BCUT2D eigenvalue weighted by Gasteiger charge is 2.15. The van der Waals surface area contributed by atoms with E-state index in [1.165, 1.54) is 0 Å². The van der Waals surface area contributed by atoms with E-state index in [0.717, 1.165) is 42.2 Å². The molecule has 1 unspecified atom stereocenters. The number of anilines is 1. The van der Waals surface area contributed by atoms with E-state index < -0.39 is 0 Å². The van der Waals surface area contributed by atoms with Gasteiger partial charge in [0.15, 0.2) is 0 Å². The lowest BCUT2D eigenvalue weighted by Crippen LogP contribution is -2.42. The highest BCUT2D eigenvalue weighted by molar-refractivity contribution is 7.17. The average Bonchev–Trinajstić information content (AvgIpc) is 2.95. The fourth-order valence-corrected chi connectivity index (χ4v) is 3.23. The van der Waals surface area contributed by atoms with Gasteiger partial charge in [0.1, 0.15) is 0 Å². The summed E-state index contributed by atoms with van der Waals surface area (Å²) >= 11 is 1.67. The Morgan fingerprint density at radius 2 is 2.25 bits per heavy atom. The molecule has 1 aliphatic rings. The molecule has 3 rings (SSSR count). The summed E-state index contributed by atoms with van der Waals surface area (Å²) in [6.45, 7) is 4.58. The second-order valence-electron chi connectivity index (χ2n) is 4.94. The number of fused-ring (bicyclic) bond motifs is 1. The van der Waals surface area contributed by atoms with Crippen LogP contribution in [0.2, 0.25) is 0 Å². The van der Waals surface area contributed by atoms with E-state index in [0.29, 0.717) is 13.1 Å². The number of rotatable bonds is 5. The van der Waals surface area contributed by atoms with Crippen LogP contribution >= 0.6 is 11.3 Å². The number of nitrogens with one attached hydrogen (secondary N) is 1. The highest BCUT2D eigenvalue weighted by atomic mass is 32.1. The largest absolute Gasteiger partial charge is 0.390 e. The number of hydrogen-bond acceptors (Lipinski definition) is 6. The van der Waals surface area contributed by atoms with Crippen LogP contribution in [-0.2, 0) is 4.74 Å². The first-order valence-corrected chi connectivity index (χ1v) is 7.75. The van der Waals surface area contributed by atoms with Gasteiger partial charge < -0.3 is 15.2 Å². The summed E-state index contributed by atoms with van der Waals surface area (Å²) in [6.07, 6.45) is 1.42. The number of aliphatic hydroxyl groups excluding tert-OH is 1. The molecule has 0 radical (unpaired) electrons. The molecule has 5 nitrogen and oxygen atoms in total. The summed E-state index contributed by atoms with van der Waals surface area (Å²) in [5.74, 6) is 0. The van der Waals surface area contributed by atoms with Gasteiger partial charge in [-0.2, -0.15) is 0 Å². The average molecular weight is 293 g/mol. The Kier molecular flexibility index (Phi) is 4.47. The molecule has 0 spiro atoms. The summed E-state index contributed by atoms with van der Waals surface area (Å²) in [5.41, 5.74) is 2.05. The fraction of sp³-hybridized carbons (Fsp3) is 0.500. The van der Waals surface area contributed by atoms with Crippen molar-refractivity contribution < 1.29 is 9.84 Å². The van der Waals surface area contributed by atoms with E-state index in [2.05, 4.69) is 15.2 Å². The second-order valence-corrected chi connectivity index (χ2v) is 5.86. The number of pyridine rings is 1. The number of thiophene rings is 1. The third kappa shape index (κ3) is 3.27. The maximum Gasteiger partial charge on any atom is 0.0839 e. The van der Waals surface area contributed by atoms with Crippen molar-refractivity contribution in [2.75, 3.05) is 44.7 Å². The molecule has 6 heteroatoms. The first-order valence-electron chi connectivity index (χ1n) is 6.87. The Bertz CT molecular complexity index is 554. The zero-order chi connectivity index (χ0) is 13.8. The molecule has 0 bridgehead atoms. The van der Waals surface area contributed by atoms with Crippen molar-refractivity contribution in [3.05, 3.63) is 23.7 Å². The molecule has 0 aromatic carbocycles. The molecule has 20 heavy (non-hydrogen) atoms. The van der Waals surface area contributed by atoms with Crippen molar-refractivity contribution in [2.45, 2.75) is 6.10 Å². The Balaban J connectivity index is 1.54. The van der Waals surface area contributed by atoms with Gasteiger partial charge in [-0.05, 0) is 17.5 Å². The first-order chi connectivity index (χ1) is 9.83. The van der Waals surface area contributed by atoms with E-state index >= 15 is 0 Å². The number of β-amino-alcohol motifs (C(OH)–C–C–N with tert-alkyl or cyclic N) is 1. The Morgan fingerprint density at radius 1 is 1.40 bits per heavy atom. The summed E-state index contributed by atoms with van der Waals surface area (Å²) in [5, 5.41) is 15.5. The molecule has 0 aliphatic carbocycles. The zero-order valence-corrected chi connectivity index (χ0v) is 12.1. The lowest BCUT2D eigenvalue weighted by atomic mass is 10.2. The van der Waals surface area contributed by atoms with E-state index in [1.54, 1.807) is 17.5 Å². The normalized spacial score (nSPS) is 18.2. The van der Waals surface area contributed by atoms with Crippen LogP contribution < -0.4 is 5.32 Å². The Hall–Kier alpha value is -1.21. The van der Waals surface area contributed by atoms with Crippen LogP contribution in [0, 0.1) is 0 Å². The van der Waals surface area contributed by atoms with E-state index in [9.17, 15) is 5.11 Å². The van der Waals surface area contributed by atoms with Gasteiger partial charge in [0, 0.05) is 32.4 Å². The van der Waals surface area contributed by atoms with Crippen LogP contribution in [0.4, 0.5) is 5.69 Å². The van der Waals surface area contributed by atoms with Gasteiger partial charge in [-0.25, -0.2) is 0 Å². The van der Waals surface area contributed by atoms with E-state index in [4.69, 9.17) is 4.74 Å². The van der Waals surface area contributed by atoms with Crippen LogP contribution in [0.5, 0.6) is 0 Å². The topological polar surface area (TPSA) is 57.6 Å². The van der Waals surface area contributed by atoms with Gasteiger partial charge in [0.25, 0.3) is 0 Å². The molecule has 1 atom stereocenters. The predicted octanol–water partition coefficient (Wildman–Crippen LogP) is 1.40. The smallest absolute Gasteiger partial charge is 0.0839 e. The molecule has 1 aliphatic heterocycles. The van der Waals surface area contributed by atoms with Crippen LogP contribution in [-0.4, -0.2) is 60.5 Å². The zero-order valence-electron chi connectivity index (χ0n) is 11.3. The van der Waals surface area contributed by atoms with E-state index in [-0.39, 0.29) is 6.10 Å². The van der Waals surface area contributed by atoms with Crippen LogP contribution in [0.25, 0.3) is 10.2 Å². The Morgan fingerprint density at radius 3 is 3.10 bits per heavy atom. The lowest BCUT2D eigenvalue weighted by Gasteiger charge is -2.28. The van der Waals surface area contributed by atoms with Gasteiger partial charge in [0.05, 0.1) is 35.2 Å². The molecule has 0 saturated carbocycles. The van der Waals surface area contributed by atoms with Crippen molar-refractivity contribution in [3.63, 3.8) is 0 Å². The molecule has 3 heterocycles. The number of morpholine rings is 1. The van der Waals surface area contributed by atoms with Crippen molar-refractivity contribution in [1.82, 2.24) is 9.88 Å². The maximum absolute atomic E-state index is 10.1. The van der Waals surface area contributed by atoms with Crippen molar-refractivity contribution in [2.24, 2.45) is 0 Å². The minimum absolute atomic E-state index is 0.378. The lowest BCUT2D eigenvalue weighted by molar-refractivity contribution is 0.0171. The van der Waals surface area contributed by atoms with Crippen molar-refractivity contribution >= 4 is 27.2 Å². The van der Waals surface area contributed by atoms with Gasteiger partial charge in [-0.3, -0.25) is 9.88 Å². The molecule has 2 aromatic rings. The number of aromatic nitrogens is 1. The molecular formula is C14H19N3O2S. The monoisotopic (exact) mass is 293 g/mol. The summed E-state index contributed by atoms with van der Waals surface area (Å²) < 4.78 is 6.45. The fourth-order valence-electron chi connectivity index (χ4n) is 2.39. The minimum Gasteiger partial charge on any atom is -0.390 e. The standard InChI is InChI=1S/C14H19N3O2S/c18-11(10-17-4-6-19-7-5-17)9-16-12-1-3-15-13-2-8-20-14(12)13/h1-3,8,11,18H,4-7,9-10H2,(H,15,16). The first kappa shape index (κ1) is 13.8. The maximum atomic E-state index is 10.1. The summed E-state index contributed by atoms with van der Waals surface area (Å²) in [4.78, 5) is 6.55. The van der Waals surface area contributed by atoms with Gasteiger partial charge in [0.2, 0.25) is 0 Å². The third-order valence-corrected chi connectivity index (χ3v) is 4.38. The number of aliphatic hydroxyl groups is 1. The van der Waals surface area contributed by atoms with Gasteiger partial charge in [-0.1, -0.05) is 0 Å². The Labute approximate surface area is 122 Å². The van der Waals surface area contributed by atoms with Crippen molar-refractivity contribution in [3.8, 4) is 0 Å². The van der Waals surface area contributed by atoms with Crippen LogP contribution in [0.1, 0.15) is 0 Å². The van der Waals surface area contributed by atoms with Gasteiger partial charge >= 0.3 is 0 Å². The molecule has 0 amide bonds. The number of nitrogens with zero attached hydrogens (tertiary/aromatic N) is 2. The molecular weight excluding hydrogens is 274 g/mol. The van der Waals surface area contributed by atoms with Crippen LogP contribution in [0.3, 0.4) is 0 Å². The molecule has 108 valence electrons. The summed E-state index contributed by atoms with van der Waals surface area (Å²) in [6, 6.07) is 3.97. The number of ether oxygens (including phenoxy) is 1. The third-order valence-electron chi connectivity index (χ3n) is 3.44. The quantitative estimate of drug-likeness (QED) is 0.873.